The molecule has 0 fully saturated rings. The number of rotatable bonds is 11. The Morgan fingerprint density at radius 1 is 1.08 bits per heavy atom. The second kappa shape index (κ2) is 13.6. The van der Waals surface area contributed by atoms with E-state index in [2.05, 4.69) is 24.1 Å². The fraction of sp³-hybridized carbons (Fsp3) is 0.433. The van der Waals surface area contributed by atoms with Crippen LogP contribution in [0.5, 0.6) is 0 Å². The number of para-hydroxylation sites is 1. The second-order valence-corrected chi connectivity index (χ2v) is 10.2. The zero-order valence-corrected chi connectivity index (χ0v) is 23.0. The van der Waals surface area contributed by atoms with Gasteiger partial charge in [-0.25, -0.2) is 4.79 Å². The minimum atomic E-state index is -0.910. The van der Waals surface area contributed by atoms with Gasteiger partial charge in [-0.05, 0) is 69.9 Å². The SMILES string of the molecule is C=Cc1cccc(C(C(=O)Nc2ccccc2C)N(CCCCC)C(=O)C(C)NC(=O)OC(C)(C)C)c1. The maximum Gasteiger partial charge on any atom is 0.408 e. The van der Waals surface area contributed by atoms with Crippen molar-refractivity contribution in [3.8, 4) is 0 Å². The molecule has 7 nitrogen and oxygen atoms in total. The molecule has 2 aromatic rings. The fourth-order valence-electron chi connectivity index (χ4n) is 3.94. The number of carbonyl (C=O) groups is 3. The molecule has 37 heavy (non-hydrogen) atoms. The zero-order valence-electron chi connectivity index (χ0n) is 23.0. The quantitative estimate of drug-likeness (QED) is 0.352. The predicted molar refractivity (Wildman–Crippen MR) is 149 cm³/mol. The number of amides is 3. The highest BCUT2D eigenvalue weighted by Crippen LogP contribution is 2.27. The Kier molecular flexibility index (Phi) is 10.9. The summed E-state index contributed by atoms with van der Waals surface area (Å²) in [7, 11) is 0. The summed E-state index contributed by atoms with van der Waals surface area (Å²) in [4.78, 5) is 41.6. The van der Waals surface area contributed by atoms with Gasteiger partial charge in [0.25, 0.3) is 5.91 Å². The molecule has 2 atom stereocenters. The van der Waals surface area contributed by atoms with Crippen LogP contribution >= 0.6 is 0 Å². The molecule has 0 aliphatic carbocycles. The number of hydrogen-bond acceptors (Lipinski definition) is 4. The van der Waals surface area contributed by atoms with E-state index in [9.17, 15) is 14.4 Å². The molecule has 0 spiro atoms. The first-order valence-corrected chi connectivity index (χ1v) is 12.9. The third-order valence-corrected chi connectivity index (χ3v) is 5.81. The molecular formula is C30H41N3O4. The maximum atomic E-state index is 13.8. The van der Waals surface area contributed by atoms with Crippen molar-refractivity contribution in [2.45, 2.75) is 78.5 Å². The summed E-state index contributed by atoms with van der Waals surface area (Å²) in [6.45, 7) is 15.1. The third-order valence-electron chi connectivity index (χ3n) is 5.81. The van der Waals surface area contributed by atoms with Crippen LogP contribution in [0.25, 0.3) is 6.08 Å². The Labute approximate surface area is 221 Å². The number of aryl methyl sites for hydroxylation is 1. The van der Waals surface area contributed by atoms with Gasteiger partial charge in [-0.15, -0.1) is 0 Å². The van der Waals surface area contributed by atoms with E-state index in [1.807, 2.05) is 55.5 Å². The minimum Gasteiger partial charge on any atom is -0.444 e. The number of nitrogens with one attached hydrogen (secondary N) is 2. The Balaban J connectivity index is 2.47. The summed E-state index contributed by atoms with van der Waals surface area (Å²) >= 11 is 0. The van der Waals surface area contributed by atoms with Crippen LogP contribution in [-0.2, 0) is 14.3 Å². The summed E-state index contributed by atoms with van der Waals surface area (Å²) in [5, 5.41) is 5.65. The summed E-state index contributed by atoms with van der Waals surface area (Å²) < 4.78 is 5.34. The maximum absolute atomic E-state index is 13.8. The van der Waals surface area contributed by atoms with Gasteiger partial charge >= 0.3 is 6.09 Å². The number of unbranched alkanes of at least 4 members (excludes halogenated alkanes) is 2. The van der Waals surface area contributed by atoms with E-state index in [1.54, 1.807) is 38.7 Å². The van der Waals surface area contributed by atoms with Gasteiger partial charge in [-0.2, -0.15) is 0 Å². The lowest BCUT2D eigenvalue weighted by atomic mass is 9.99. The topological polar surface area (TPSA) is 87.7 Å². The number of carbonyl (C=O) groups excluding carboxylic acids is 3. The van der Waals surface area contributed by atoms with Crippen LogP contribution in [0.4, 0.5) is 10.5 Å². The van der Waals surface area contributed by atoms with E-state index in [4.69, 9.17) is 4.74 Å². The summed E-state index contributed by atoms with van der Waals surface area (Å²) in [6.07, 6.45) is 3.60. The van der Waals surface area contributed by atoms with Crippen LogP contribution in [0, 0.1) is 6.92 Å². The van der Waals surface area contributed by atoms with Crippen molar-refractivity contribution >= 4 is 29.7 Å². The molecule has 3 amide bonds. The fourth-order valence-corrected chi connectivity index (χ4v) is 3.94. The molecule has 7 heteroatoms. The van der Waals surface area contributed by atoms with Crippen LogP contribution in [-0.4, -0.2) is 41.0 Å². The van der Waals surface area contributed by atoms with E-state index < -0.39 is 23.8 Å². The van der Waals surface area contributed by atoms with Crippen LogP contribution in [0.3, 0.4) is 0 Å². The van der Waals surface area contributed by atoms with Crippen molar-refractivity contribution < 1.29 is 19.1 Å². The van der Waals surface area contributed by atoms with E-state index in [-0.39, 0.29) is 11.8 Å². The molecule has 2 rings (SSSR count). The number of hydrogen-bond donors (Lipinski definition) is 2. The van der Waals surface area contributed by atoms with Crippen molar-refractivity contribution in [1.29, 1.82) is 0 Å². The number of nitrogens with zero attached hydrogens (tertiary/aromatic N) is 1. The van der Waals surface area contributed by atoms with E-state index in [1.165, 1.54) is 0 Å². The normalized spacial score (nSPS) is 12.7. The van der Waals surface area contributed by atoms with E-state index in [0.29, 0.717) is 17.8 Å². The molecule has 0 aliphatic rings. The van der Waals surface area contributed by atoms with Gasteiger partial charge in [0.2, 0.25) is 5.91 Å². The van der Waals surface area contributed by atoms with Gasteiger partial charge < -0.3 is 20.3 Å². The van der Waals surface area contributed by atoms with Crippen LogP contribution < -0.4 is 10.6 Å². The zero-order chi connectivity index (χ0) is 27.6. The largest absolute Gasteiger partial charge is 0.444 e. The predicted octanol–water partition coefficient (Wildman–Crippen LogP) is 6.25. The summed E-state index contributed by atoms with van der Waals surface area (Å²) in [5.41, 5.74) is 2.40. The lowest BCUT2D eigenvalue weighted by Crippen LogP contribution is -2.51. The average molecular weight is 508 g/mol. The minimum absolute atomic E-state index is 0.329. The lowest BCUT2D eigenvalue weighted by molar-refractivity contribution is -0.140. The Morgan fingerprint density at radius 3 is 2.41 bits per heavy atom. The Morgan fingerprint density at radius 2 is 1.78 bits per heavy atom. The van der Waals surface area contributed by atoms with Crippen molar-refractivity contribution in [1.82, 2.24) is 10.2 Å². The van der Waals surface area contributed by atoms with Crippen molar-refractivity contribution in [2.24, 2.45) is 0 Å². The van der Waals surface area contributed by atoms with Crippen molar-refractivity contribution in [2.75, 3.05) is 11.9 Å². The van der Waals surface area contributed by atoms with Gasteiger partial charge in [0.05, 0.1) is 0 Å². The Hall–Kier alpha value is -3.61. The van der Waals surface area contributed by atoms with E-state index in [0.717, 1.165) is 30.4 Å². The highest BCUT2D eigenvalue weighted by Gasteiger charge is 2.34. The molecule has 2 N–H and O–H groups in total. The molecule has 0 saturated heterocycles. The van der Waals surface area contributed by atoms with Gasteiger partial charge in [-0.1, -0.05) is 68.8 Å². The molecule has 0 aromatic heterocycles. The number of ether oxygens (including phenoxy) is 1. The molecule has 2 unspecified atom stereocenters. The third kappa shape index (κ3) is 9.08. The number of anilines is 1. The average Bonchev–Trinajstić information content (AvgIpc) is 2.83. The molecule has 0 aliphatic heterocycles. The molecule has 0 saturated carbocycles. The molecule has 2 aromatic carbocycles. The number of alkyl carbamates (subject to hydrolysis) is 1. The van der Waals surface area contributed by atoms with Gasteiger partial charge in [0, 0.05) is 12.2 Å². The first kappa shape index (κ1) is 29.6. The first-order chi connectivity index (χ1) is 17.5. The number of benzene rings is 2. The monoisotopic (exact) mass is 507 g/mol. The molecule has 0 bridgehead atoms. The molecule has 0 radical (unpaired) electrons. The Bertz CT molecular complexity index is 1090. The van der Waals surface area contributed by atoms with Crippen molar-refractivity contribution in [3.05, 3.63) is 71.8 Å². The van der Waals surface area contributed by atoms with E-state index >= 15 is 0 Å². The summed E-state index contributed by atoms with van der Waals surface area (Å²) in [5.74, 6) is -0.694. The summed E-state index contributed by atoms with van der Waals surface area (Å²) in [6, 6.07) is 13.1. The van der Waals surface area contributed by atoms with Gasteiger partial charge in [0.15, 0.2) is 0 Å². The van der Waals surface area contributed by atoms with Gasteiger partial charge in [-0.3, -0.25) is 9.59 Å². The van der Waals surface area contributed by atoms with Gasteiger partial charge in [0.1, 0.15) is 17.7 Å². The highest BCUT2D eigenvalue weighted by atomic mass is 16.6. The molecule has 200 valence electrons. The lowest BCUT2D eigenvalue weighted by Gasteiger charge is -2.34. The van der Waals surface area contributed by atoms with Crippen LogP contribution in [0.1, 0.15) is 76.6 Å². The first-order valence-electron chi connectivity index (χ1n) is 12.9. The highest BCUT2D eigenvalue weighted by molar-refractivity contribution is 5.99. The standard InChI is InChI=1S/C30H41N3O4/c1-8-10-13-19-33(28(35)22(4)31-29(36)37-30(5,6)7)26(24-17-14-16-23(9-2)20-24)27(34)32-25-18-12-11-15-21(25)3/h9,11-12,14-18,20,22,26H,2,8,10,13,19H2,1,3-7H3,(H,31,36)(H,32,34). The molecule has 0 heterocycles. The second-order valence-electron chi connectivity index (χ2n) is 10.2. The van der Waals surface area contributed by atoms with Crippen LogP contribution in [0.15, 0.2) is 55.1 Å². The van der Waals surface area contributed by atoms with Crippen molar-refractivity contribution in [3.63, 3.8) is 0 Å². The molecular weight excluding hydrogens is 466 g/mol. The van der Waals surface area contributed by atoms with Crippen LogP contribution in [0.2, 0.25) is 0 Å². The smallest absolute Gasteiger partial charge is 0.408 e.